The van der Waals surface area contributed by atoms with Crippen LogP contribution in [0.1, 0.15) is 18.0 Å². The summed E-state index contributed by atoms with van der Waals surface area (Å²) in [4.78, 5) is 25.2. The maximum absolute atomic E-state index is 12.3. The van der Waals surface area contributed by atoms with Crippen LogP contribution in [0.3, 0.4) is 0 Å². The Labute approximate surface area is 105 Å². The lowest BCUT2D eigenvalue weighted by molar-refractivity contribution is -0.146. The molecule has 1 aromatic rings. The van der Waals surface area contributed by atoms with E-state index < -0.39 is 12.7 Å². The summed E-state index contributed by atoms with van der Waals surface area (Å²) in [5.74, 6) is -0.378. The molecule has 0 aliphatic carbocycles. The summed E-state index contributed by atoms with van der Waals surface area (Å²) >= 11 is 0. The first-order valence-corrected chi connectivity index (χ1v) is 5.92. The molecule has 1 atom stereocenters. The Hall–Kier alpha value is -1.91. The average molecular weight is 250 g/mol. The van der Waals surface area contributed by atoms with E-state index in [2.05, 4.69) is 5.32 Å². The van der Waals surface area contributed by atoms with Crippen molar-refractivity contribution in [3.63, 3.8) is 0 Å². The molecule has 1 saturated heterocycles. The van der Waals surface area contributed by atoms with Gasteiger partial charge in [0.2, 0.25) is 11.8 Å². The third-order valence-corrected chi connectivity index (χ3v) is 2.94. The van der Waals surface area contributed by atoms with Gasteiger partial charge in [0.1, 0.15) is 6.04 Å². The van der Waals surface area contributed by atoms with Gasteiger partial charge < -0.3 is 10.2 Å². The number of alkyl halides is 1. The Bertz CT molecular complexity index is 436. The fourth-order valence-corrected chi connectivity index (χ4v) is 2.10. The maximum Gasteiger partial charge on any atom is 0.247 e. The van der Waals surface area contributed by atoms with Crippen LogP contribution in [0.4, 0.5) is 4.39 Å². The van der Waals surface area contributed by atoms with Crippen molar-refractivity contribution in [2.75, 3.05) is 19.8 Å². The van der Waals surface area contributed by atoms with Crippen LogP contribution in [0.2, 0.25) is 0 Å². The van der Waals surface area contributed by atoms with E-state index >= 15 is 0 Å². The van der Waals surface area contributed by atoms with Crippen molar-refractivity contribution in [1.29, 1.82) is 0 Å². The lowest BCUT2D eigenvalue weighted by atomic mass is 10.0. The molecule has 1 aliphatic heterocycles. The van der Waals surface area contributed by atoms with Crippen molar-refractivity contribution in [3.8, 4) is 0 Å². The zero-order chi connectivity index (χ0) is 13.0. The molecule has 2 rings (SSSR count). The SMILES string of the molecule is O=C1NCC(=O)N(CCCF)C1c1ccccc1. The van der Waals surface area contributed by atoms with Crippen LogP contribution in [0.25, 0.3) is 0 Å². The molecule has 1 fully saturated rings. The summed E-state index contributed by atoms with van der Waals surface area (Å²) < 4.78 is 12.3. The van der Waals surface area contributed by atoms with Gasteiger partial charge in [-0.05, 0) is 12.0 Å². The van der Waals surface area contributed by atoms with Gasteiger partial charge in [-0.25, -0.2) is 0 Å². The normalized spacial score (nSPS) is 19.8. The van der Waals surface area contributed by atoms with E-state index in [1.54, 1.807) is 12.1 Å². The zero-order valence-electron chi connectivity index (χ0n) is 9.93. The largest absolute Gasteiger partial charge is 0.345 e. The van der Waals surface area contributed by atoms with Crippen molar-refractivity contribution in [3.05, 3.63) is 35.9 Å². The smallest absolute Gasteiger partial charge is 0.247 e. The first-order valence-electron chi connectivity index (χ1n) is 5.92. The summed E-state index contributed by atoms with van der Waals surface area (Å²) in [6.07, 6.45) is 0.252. The second kappa shape index (κ2) is 5.62. The number of hydrogen-bond acceptors (Lipinski definition) is 2. The van der Waals surface area contributed by atoms with Crippen LogP contribution in [-0.2, 0) is 9.59 Å². The lowest BCUT2D eigenvalue weighted by Crippen LogP contribution is -2.53. The van der Waals surface area contributed by atoms with E-state index in [1.807, 2.05) is 18.2 Å². The summed E-state index contributed by atoms with van der Waals surface area (Å²) in [7, 11) is 0. The number of nitrogens with one attached hydrogen (secondary N) is 1. The van der Waals surface area contributed by atoms with Crippen LogP contribution >= 0.6 is 0 Å². The Morgan fingerprint density at radius 2 is 2.00 bits per heavy atom. The number of carbonyl (C=O) groups excluding carboxylic acids is 2. The summed E-state index contributed by atoms with van der Waals surface area (Å²) in [5, 5.41) is 2.56. The van der Waals surface area contributed by atoms with Crippen LogP contribution in [0.5, 0.6) is 0 Å². The minimum absolute atomic E-state index is 0.00550. The number of piperazine rings is 1. The number of benzene rings is 1. The van der Waals surface area contributed by atoms with Crippen molar-refractivity contribution in [1.82, 2.24) is 10.2 Å². The predicted molar refractivity (Wildman–Crippen MR) is 64.5 cm³/mol. The van der Waals surface area contributed by atoms with Gasteiger partial charge in [-0.15, -0.1) is 0 Å². The molecule has 1 N–H and O–H groups in total. The van der Waals surface area contributed by atoms with Gasteiger partial charge in [0.15, 0.2) is 0 Å². The molecule has 4 nitrogen and oxygen atoms in total. The minimum atomic E-state index is -0.640. The number of carbonyl (C=O) groups is 2. The zero-order valence-corrected chi connectivity index (χ0v) is 9.93. The van der Waals surface area contributed by atoms with Gasteiger partial charge in [-0.3, -0.25) is 14.0 Å². The summed E-state index contributed by atoms with van der Waals surface area (Å²) in [6.45, 7) is -0.232. The number of rotatable bonds is 4. The van der Waals surface area contributed by atoms with E-state index in [9.17, 15) is 14.0 Å². The summed E-state index contributed by atoms with van der Waals surface area (Å²) in [5.41, 5.74) is 0.752. The van der Waals surface area contributed by atoms with Crippen LogP contribution < -0.4 is 5.32 Å². The molecule has 0 spiro atoms. The van der Waals surface area contributed by atoms with E-state index in [0.29, 0.717) is 0 Å². The quantitative estimate of drug-likeness (QED) is 0.868. The molecule has 1 aliphatic rings. The summed E-state index contributed by atoms with van der Waals surface area (Å²) in [6, 6.07) is 8.43. The topological polar surface area (TPSA) is 49.4 Å². The second-order valence-corrected chi connectivity index (χ2v) is 4.16. The molecule has 1 aromatic carbocycles. The number of halogens is 1. The Balaban J connectivity index is 2.26. The molecule has 0 aromatic heterocycles. The van der Waals surface area contributed by atoms with E-state index in [0.717, 1.165) is 5.56 Å². The monoisotopic (exact) mass is 250 g/mol. The van der Waals surface area contributed by atoms with E-state index in [-0.39, 0.29) is 31.3 Å². The van der Waals surface area contributed by atoms with E-state index in [1.165, 1.54) is 4.90 Å². The highest BCUT2D eigenvalue weighted by Crippen LogP contribution is 2.23. The molecular weight excluding hydrogens is 235 g/mol. The minimum Gasteiger partial charge on any atom is -0.345 e. The molecule has 5 heteroatoms. The Morgan fingerprint density at radius 3 is 2.67 bits per heavy atom. The highest BCUT2D eigenvalue weighted by Gasteiger charge is 2.34. The van der Waals surface area contributed by atoms with Gasteiger partial charge in [0, 0.05) is 6.54 Å². The Kier molecular flexibility index (Phi) is 3.92. The third-order valence-electron chi connectivity index (χ3n) is 2.94. The van der Waals surface area contributed by atoms with Gasteiger partial charge in [-0.1, -0.05) is 30.3 Å². The molecule has 18 heavy (non-hydrogen) atoms. The van der Waals surface area contributed by atoms with E-state index in [4.69, 9.17) is 0 Å². The van der Waals surface area contributed by atoms with Crippen molar-refractivity contribution < 1.29 is 14.0 Å². The van der Waals surface area contributed by atoms with Gasteiger partial charge in [-0.2, -0.15) is 0 Å². The molecular formula is C13H15FN2O2. The molecule has 96 valence electrons. The van der Waals surface area contributed by atoms with Crippen molar-refractivity contribution in [2.24, 2.45) is 0 Å². The average Bonchev–Trinajstić information content (AvgIpc) is 2.40. The first kappa shape index (κ1) is 12.5. The number of nitrogens with zero attached hydrogens (tertiary/aromatic N) is 1. The highest BCUT2D eigenvalue weighted by molar-refractivity contribution is 5.95. The highest BCUT2D eigenvalue weighted by atomic mass is 19.1. The number of hydrogen-bond donors (Lipinski definition) is 1. The van der Waals surface area contributed by atoms with Gasteiger partial charge in [0.25, 0.3) is 0 Å². The molecule has 1 heterocycles. The van der Waals surface area contributed by atoms with Crippen LogP contribution in [-0.4, -0.2) is 36.5 Å². The van der Waals surface area contributed by atoms with Crippen molar-refractivity contribution in [2.45, 2.75) is 12.5 Å². The fraction of sp³-hybridized carbons (Fsp3) is 0.385. The number of amides is 2. The third kappa shape index (κ3) is 2.50. The van der Waals surface area contributed by atoms with Gasteiger partial charge in [0.05, 0.1) is 13.2 Å². The molecule has 0 radical (unpaired) electrons. The van der Waals surface area contributed by atoms with Gasteiger partial charge >= 0.3 is 0 Å². The van der Waals surface area contributed by atoms with Crippen LogP contribution in [0, 0.1) is 0 Å². The molecule has 1 unspecified atom stereocenters. The standard InChI is InChI=1S/C13H15FN2O2/c14-7-4-8-16-11(17)9-15-13(18)12(16)10-5-2-1-3-6-10/h1-3,5-6,12H,4,7-9H2,(H,15,18). The molecule has 2 amide bonds. The predicted octanol–water partition coefficient (Wildman–Crippen LogP) is 1.05. The molecule has 0 bridgehead atoms. The molecule has 0 saturated carbocycles. The van der Waals surface area contributed by atoms with Crippen molar-refractivity contribution >= 4 is 11.8 Å². The second-order valence-electron chi connectivity index (χ2n) is 4.16. The maximum atomic E-state index is 12.3. The first-order chi connectivity index (χ1) is 8.74. The fourth-order valence-electron chi connectivity index (χ4n) is 2.10. The lowest BCUT2D eigenvalue weighted by Gasteiger charge is -2.35. The van der Waals surface area contributed by atoms with Crippen LogP contribution in [0.15, 0.2) is 30.3 Å². The Morgan fingerprint density at radius 1 is 1.28 bits per heavy atom.